The van der Waals surface area contributed by atoms with Gasteiger partial charge in [0.25, 0.3) is 0 Å². The van der Waals surface area contributed by atoms with Gasteiger partial charge in [-0.1, -0.05) is 49.6 Å². The lowest BCUT2D eigenvalue weighted by Crippen LogP contribution is -2.45. The molecule has 0 radical (unpaired) electrons. The van der Waals surface area contributed by atoms with E-state index in [9.17, 15) is 9.90 Å². The quantitative estimate of drug-likeness (QED) is 0.246. The highest BCUT2D eigenvalue weighted by Gasteiger charge is 2.31. The number of guanidine groups is 1. The van der Waals surface area contributed by atoms with Gasteiger partial charge in [-0.2, -0.15) is 0 Å². The number of benzene rings is 1. The maximum atomic E-state index is 12.7. The Hall–Kier alpha value is -1.35. The lowest BCUT2D eigenvalue weighted by Gasteiger charge is -2.37. The van der Waals surface area contributed by atoms with E-state index in [1.54, 1.807) is 0 Å². The smallest absolute Gasteiger partial charge is 0.244 e. The van der Waals surface area contributed by atoms with Crippen LogP contribution >= 0.6 is 24.0 Å². The zero-order chi connectivity index (χ0) is 21.0. The summed E-state index contributed by atoms with van der Waals surface area (Å²) in [5.74, 6) is 0.704. The number of nitrogens with one attached hydrogen (secondary N) is 2. The third-order valence-corrected chi connectivity index (χ3v) is 5.85. The van der Waals surface area contributed by atoms with Crippen LogP contribution in [0.15, 0.2) is 35.3 Å². The van der Waals surface area contributed by atoms with Crippen molar-refractivity contribution in [1.82, 2.24) is 15.5 Å². The van der Waals surface area contributed by atoms with Gasteiger partial charge >= 0.3 is 0 Å². The minimum atomic E-state index is 0. The third kappa shape index (κ3) is 8.79. The first kappa shape index (κ1) is 26.7. The predicted molar refractivity (Wildman–Crippen MR) is 134 cm³/mol. The van der Waals surface area contributed by atoms with Gasteiger partial charge in [-0.05, 0) is 44.1 Å². The Morgan fingerprint density at radius 2 is 1.83 bits per heavy atom. The average Bonchev–Trinajstić information content (AvgIpc) is 2.75. The summed E-state index contributed by atoms with van der Waals surface area (Å²) in [5.41, 5.74) is 1.26. The van der Waals surface area contributed by atoms with Crippen LogP contribution in [0.2, 0.25) is 0 Å². The number of rotatable bonds is 10. The number of amides is 1. The first-order chi connectivity index (χ1) is 14.1. The maximum absolute atomic E-state index is 12.7. The number of aliphatic hydroxyl groups is 1. The molecule has 0 unspecified atom stereocenters. The summed E-state index contributed by atoms with van der Waals surface area (Å²) >= 11 is 0. The molecule has 1 fully saturated rings. The molecule has 7 heteroatoms. The highest BCUT2D eigenvalue weighted by atomic mass is 127. The SMILES string of the molecule is CCNC(=NCC(=O)N(CC)Cc1ccccc1)NCC1(CCO)CCCCC1.I. The van der Waals surface area contributed by atoms with Gasteiger partial charge in [0.05, 0.1) is 0 Å². The van der Waals surface area contributed by atoms with Crippen LogP contribution in [-0.2, 0) is 11.3 Å². The molecular formula is C23H39IN4O2. The summed E-state index contributed by atoms with van der Waals surface area (Å²) in [6, 6.07) is 10.0. The van der Waals surface area contributed by atoms with Crippen molar-refractivity contribution in [2.45, 2.75) is 58.9 Å². The molecule has 1 aromatic carbocycles. The summed E-state index contributed by atoms with van der Waals surface area (Å²) < 4.78 is 0. The van der Waals surface area contributed by atoms with E-state index in [4.69, 9.17) is 0 Å². The van der Waals surface area contributed by atoms with E-state index in [1.165, 1.54) is 19.3 Å². The number of hydrogen-bond donors (Lipinski definition) is 3. The number of carbonyl (C=O) groups excluding carboxylic acids is 1. The molecule has 0 spiro atoms. The standard InChI is InChI=1S/C23H38N4O2.HI/c1-3-24-22(26-19-23(15-16-28)13-9-6-10-14-23)25-17-21(29)27(4-2)18-20-11-7-5-8-12-20;/h5,7-8,11-12,28H,3-4,6,9-10,13-19H2,1-2H3,(H2,24,25,26);1H. The Morgan fingerprint density at radius 3 is 2.43 bits per heavy atom. The second-order valence-electron chi connectivity index (χ2n) is 7.98. The average molecular weight is 530 g/mol. The third-order valence-electron chi connectivity index (χ3n) is 5.85. The van der Waals surface area contributed by atoms with Crippen LogP contribution in [-0.4, -0.2) is 54.7 Å². The van der Waals surface area contributed by atoms with Crippen LogP contribution in [0.25, 0.3) is 0 Å². The number of hydrogen-bond acceptors (Lipinski definition) is 3. The molecule has 0 heterocycles. The Balaban J connectivity index is 0.00000450. The van der Waals surface area contributed by atoms with Gasteiger partial charge in [0, 0.05) is 32.8 Å². The monoisotopic (exact) mass is 530 g/mol. The molecule has 1 aliphatic carbocycles. The van der Waals surface area contributed by atoms with Crippen molar-refractivity contribution in [3.63, 3.8) is 0 Å². The number of halogens is 1. The lowest BCUT2D eigenvalue weighted by molar-refractivity contribution is -0.130. The van der Waals surface area contributed by atoms with E-state index in [1.807, 2.05) is 49.1 Å². The fraction of sp³-hybridized carbons (Fsp3) is 0.652. The Morgan fingerprint density at radius 1 is 1.13 bits per heavy atom. The van der Waals surface area contributed by atoms with Gasteiger partial charge in [0.15, 0.2) is 5.96 Å². The van der Waals surface area contributed by atoms with Crippen LogP contribution in [0, 0.1) is 5.41 Å². The molecule has 0 aliphatic heterocycles. The van der Waals surface area contributed by atoms with Crippen molar-refractivity contribution in [1.29, 1.82) is 0 Å². The van der Waals surface area contributed by atoms with E-state index >= 15 is 0 Å². The highest BCUT2D eigenvalue weighted by molar-refractivity contribution is 14.0. The molecule has 1 amide bonds. The van der Waals surface area contributed by atoms with Crippen molar-refractivity contribution in [3.05, 3.63) is 35.9 Å². The molecule has 0 saturated heterocycles. The van der Waals surface area contributed by atoms with Gasteiger partial charge in [-0.3, -0.25) is 4.79 Å². The fourth-order valence-electron chi connectivity index (χ4n) is 4.09. The summed E-state index contributed by atoms with van der Waals surface area (Å²) in [7, 11) is 0. The second-order valence-corrected chi connectivity index (χ2v) is 7.98. The van der Waals surface area contributed by atoms with Crippen LogP contribution in [0.1, 0.15) is 57.9 Å². The summed E-state index contributed by atoms with van der Waals surface area (Å²) in [6.45, 7) is 7.17. The number of aliphatic hydroxyl groups excluding tert-OH is 1. The minimum absolute atomic E-state index is 0. The van der Waals surface area contributed by atoms with Gasteiger partial charge < -0.3 is 20.6 Å². The van der Waals surface area contributed by atoms with E-state index < -0.39 is 0 Å². The maximum Gasteiger partial charge on any atom is 0.244 e. The number of aliphatic imine (C=N–C) groups is 1. The van der Waals surface area contributed by atoms with Crippen molar-refractivity contribution in [3.8, 4) is 0 Å². The molecule has 170 valence electrons. The Bertz CT molecular complexity index is 628. The molecule has 0 bridgehead atoms. The lowest BCUT2D eigenvalue weighted by atomic mass is 9.72. The first-order valence-corrected chi connectivity index (χ1v) is 11.1. The topological polar surface area (TPSA) is 77.0 Å². The molecule has 1 saturated carbocycles. The molecule has 30 heavy (non-hydrogen) atoms. The van der Waals surface area contributed by atoms with Gasteiger partial charge in [0.1, 0.15) is 6.54 Å². The van der Waals surface area contributed by atoms with E-state index in [0.717, 1.165) is 37.9 Å². The predicted octanol–water partition coefficient (Wildman–Crippen LogP) is 3.54. The summed E-state index contributed by atoms with van der Waals surface area (Å²) in [5, 5.41) is 16.2. The van der Waals surface area contributed by atoms with Crippen LogP contribution in [0.5, 0.6) is 0 Å². The van der Waals surface area contributed by atoms with Crippen LogP contribution in [0.3, 0.4) is 0 Å². The van der Waals surface area contributed by atoms with Gasteiger partial charge in [-0.25, -0.2) is 4.99 Å². The van der Waals surface area contributed by atoms with Crippen LogP contribution in [0.4, 0.5) is 0 Å². The number of likely N-dealkylation sites (N-methyl/N-ethyl adjacent to an activating group) is 1. The zero-order valence-electron chi connectivity index (χ0n) is 18.5. The Kier molecular flexibility index (Phi) is 13.0. The van der Waals surface area contributed by atoms with Crippen molar-refractivity contribution in [2.75, 3.05) is 32.8 Å². The zero-order valence-corrected chi connectivity index (χ0v) is 20.9. The summed E-state index contributed by atoms with van der Waals surface area (Å²) in [4.78, 5) is 19.1. The molecule has 0 atom stereocenters. The van der Waals surface area contributed by atoms with E-state index in [2.05, 4.69) is 15.6 Å². The van der Waals surface area contributed by atoms with Crippen molar-refractivity contribution in [2.24, 2.45) is 10.4 Å². The number of nitrogens with zero attached hydrogens (tertiary/aromatic N) is 2. The minimum Gasteiger partial charge on any atom is -0.396 e. The first-order valence-electron chi connectivity index (χ1n) is 11.1. The highest BCUT2D eigenvalue weighted by Crippen LogP contribution is 2.38. The van der Waals surface area contributed by atoms with Crippen molar-refractivity contribution >= 4 is 35.8 Å². The second kappa shape index (κ2) is 14.6. The van der Waals surface area contributed by atoms with E-state index in [-0.39, 0.29) is 48.5 Å². The van der Waals surface area contributed by atoms with Gasteiger partial charge in [-0.15, -0.1) is 24.0 Å². The summed E-state index contributed by atoms with van der Waals surface area (Å²) in [6.07, 6.45) is 6.82. The Labute approximate surface area is 198 Å². The largest absolute Gasteiger partial charge is 0.396 e. The molecule has 0 aromatic heterocycles. The van der Waals surface area contributed by atoms with Crippen LogP contribution < -0.4 is 10.6 Å². The molecule has 6 nitrogen and oxygen atoms in total. The molecule has 1 aliphatic rings. The molecule has 3 N–H and O–H groups in total. The molecular weight excluding hydrogens is 491 g/mol. The van der Waals surface area contributed by atoms with E-state index in [0.29, 0.717) is 19.0 Å². The number of carbonyl (C=O) groups is 1. The normalized spacial score (nSPS) is 15.8. The van der Waals surface area contributed by atoms with Gasteiger partial charge in [0.2, 0.25) is 5.91 Å². The van der Waals surface area contributed by atoms with Crippen molar-refractivity contribution < 1.29 is 9.90 Å². The molecule has 2 rings (SSSR count). The fourth-order valence-corrected chi connectivity index (χ4v) is 4.09. The molecule has 1 aromatic rings.